The highest BCUT2D eigenvalue weighted by Crippen LogP contribution is 2.27. The van der Waals surface area contributed by atoms with Crippen LogP contribution in [-0.2, 0) is 17.8 Å². The standard InChI is InChI=1S/C12H15NO2/c1-9(14)13-7-6-10-4-3-5-12(15-2)11(10)8-13/h3-5H,6-8H2,1-2H3. The average molecular weight is 205 g/mol. The largest absolute Gasteiger partial charge is 0.496 e. The summed E-state index contributed by atoms with van der Waals surface area (Å²) in [6.07, 6.45) is 0.923. The molecule has 0 spiro atoms. The molecule has 0 saturated heterocycles. The first-order chi connectivity index (χ1) is 7.22. The average Bonchev–Trinajstić information content (AvgIpc) is 2.27. The molecule has 1 amide bonds. The second-order valence-electron chi connectivity index (χ2n) is 3.79. The highest BCUT2D eigenvalue weighted by atomic mass is 16.5. The molecule has 0 aliphatic carbocycles. The van der Waals surface area contributed by atoms with E-state index in [2.05, 4.69) is 6.07 Å². The van der Waals surface area contributed by atoms with Gasteiger partial charge in [-0.25, -0.2) is 0 Å². The topological polar surface area (TPSA) is 29.5 Å². The van der Waals surface area contributed by atoms with Crippen LogP contribution in [0.1, 0.15) is 18.1 Å². The first-order valence-corrected chi connectivity index (χ1v) is 5.12. The van der Waals surface area contributed by atoms with Crippen molar-refractivity contribution in [3.8, 4) is 5.75 Å². The van der Waals surface area contributed by atoms with Crippen molar-refractivity contribution in [2.75, 3.05) is 13.7 Å². The van der Waals surface area contributed by atoms with Crippen LogP contribution in [0.2, 0.25) is 0 Å². The first-order valence-electron chi connectivity index (χ1n) is 5.12. The van der Waals surface area contributed by atoms with Crippen LogP contribution in [0.15, 0.2) is 18.2 Å². The van der Waals surface area contributed by atoms with E-state index in [4.69, 9.17) is 4.74 Å². The van der Waals surface area contributed by atoms with E-state index in [1.54, 1.807) is 14.0 Å². The fraction of sp³-hybridized carbons (Fsp3) is 0.417. The maximum atomic E-state index is 11.3. The van der Waals surface area contributed by atoms with E-state index >= 15 is 0 Å². The van der Waals surface area contributed by atoms with Gasteiger partial charge in [-0.1, -0.05) is 12.1 Å². The normalized spacial score (nSPS) is 14.7. The quantitative estimate of drug-likeness (QED) is 0.697. The molecule has 0 fully saturated rings. The van der Waals surface area contributed by atoms with Gasteiger partial charge in [-0.2, -0.15) is 0 Å². The van der Waals surface area contributed by atoms with Crippen LogP contribution in [0, 0.1) is 0 Å². The van der Waals surface area contributed by atoms with E-state index in [0.29, 0.717) is 6.54 Å². The second-order valence-corrected chi connectivity index (χ2v) is 3.79. The third-order valence-corrected chi connectivity index (χ3v) is 2.90. The Morgan fingerprint density at radius 1 is 1.47 bits per heavy atom. The molecular weight excluding hydrogens is 190 g/mol. The molecule has 0 radical (unpaired) electrons. The zero-order valence-corrected chi connectivity index (χ0v) is 9.12. The summed E-state index contributed by atoms with van der Waals surface area (Å²) in [6.45, 7) is 3.10. The number of hydrogen-bond acceptors (Lipinski definition) is 2. The summed E-state index contributed by atoms with van der Waals surface area (Å²) in [5.41, 5.74) is 2.45. The van der Waals surface area contributed by atoms with Crippen molar-refractivity contribution in [1.29, 1.82) is 0 Å². The summed E-state index contributed by atoms with van der Waals surface area (Å²) in [5.74, 6) is 1.02. The number of carbonyl (C=O) groups is 1. The summed E-state index contributed by atoms with van der Waals surface area (Å²) in [6, 6.07) is 6.05. The van der Waals surface area contributed by atoms with E-state index in [9.17, 15) is 4.79 Å². The zero-order chi connectivity index (χ0) is 10.8. The van der Waals surface area contributed by atoms with E-state index in [0.717, 1.165) is 24.3 Å². The molecule has 0 unspecified atom stereocenters. The fourth-order valence-corrected chi connectivity index (χ4v) is 2.01. The smallest absolute Gasteiger partial charge is 0.219 e. The zero-order valence-electron chi connectivity index (χ0n) is 9.12. The molecule has 2 rings (SSSR count). The maximum absolute atomic E-state index is 11.3. The predicted octanol–water partition coefficient (Wildman–Crippen LogP) is 1.60. The summed E-state index contributed by atoms with van der Waals surface area (Å²) >= 11 is 0. The van der Waals surface area contributed by atoms with Crippen LogP contribution in [0.3, 0.4) is 0 Å². The number of fused-ring (bicyclic) bond motifs is 1. The van der Waals surface area contributed by atoms with Crippen molar-refractivity contribution in [2.45, 2.75) is 19.9 Å². The molecule has 15 heavy (non-hydrogen) atoms. The van der Waals surface area contributed by atoms with Gasteiger partial charge in [0.05, 0.1) is 7.11 Å². The molecule has 0 N–H and O–H groups in total. The van der Waals surface area contributed by atoms with Crippen LogP contribution in [0.25, 0.3) is 0 Å². The Hall–Kier alpha value is -1.51. The molecule has 1 aliphatic heterocycles. The fourth-order valence-electron chi connectivity index (χ4n) is 2.01. The van der Waals surface area contributed by atoms with E-state index in [-0.39, 0.29) is 5.91 Å². The van der Waals surface area contributed by atoms with E-state index < -0.39 is 0 Å². The van der Waals surface area contributed by atoms with E-state index in [1.165, 1.54) is 5.56 Å². The van der Waals surface area contributed by atoms with E-state index in [1.807, 2.05) is 17.0 Å². The van der Waals surface area contributed by atoms with Gasteiger partial charge in [-0.15, -0.1) is 0 Å². The number of benzene rings is 1. The Bertz CT molecular complexity index is 373. The van der Waals surface area contributed by atoms with Crippen LogP contribution in [0.5, 0.6) is 5.75 Å². The molecule has 0 atom stereocenters. The molecule has 1 heterocycles. The van der Waals surface area contributed by atoms with Crippen molar-refractivity contribution in [2.24, 2.45) is 0 Å². The minimum atomic E-state index is 0.131. The summed E-state index contributed by atoms with van der Waals surface area (Å²) in [4.78, 5) is 13.1. The van der Waals surface area contributed by atoms with Crippen molar-refractivity contribution in [3.63, 3.8) is 0 Å². The Labute approximate surface area is 89.7 Å². The molecule has 3 nitrogen and oxygen atoms in total. The maximum Gasteiger partial charge on any atom is 0.219 e. The third kappa shape index (κ3) is 1.82. The number of hydrogen-bond donors (Lipinski definition) is 0. The van der Waals surface area contributed by atoms with Crippen molar-refractivity contribution < 1.29 is 9.53 Å². The third-order valence-electron chi connectivity index (χ3n) is 2.90. The number of rotatable bonds is 1. The highest BCUT2D eigenvalue weighted by molar-refractivity contribution is 5.73. The van der Waals surface area contributed by atoms with Gasteiger partial charge < -0.3 is 9.64 Å². The van der Waals surface area contributed by atoms with Crippen LogP contribution in [0.4, 0.5) is 0 Å². The Morgan fingerprint density at radius 3 is 2.93 bits per heavy atom. The highest BCUT2D eigenvalue weighted by Gasteiger charge is 2.20. The number of ether oxygens (including phenoxy) is 1. The van der Waals surface area contributed by atoms with Gasteiger partial charge in [0, 0.05) is 25.6 Å². The van der Waals surface area contributed by atoms with Gasteiger partial charge in [-0.05, 0) is 18.1 Å². The molecule has 1 aromatic carbocycles. The predicted molar refractivity (Wildman–Crippen MR) is 57.8 cm³/mol. The van der Waals surface area contributed by atoms with Gasteiger partial charge in [0.1, 0.15) is 5.75 Å². The Balaban J connectivity index is 2.34. The minimum absolute atomic E-state index is 0.131. The lowest BCUT2D eigenvalue weighted by Gasteiger charge is -2.28. The Kier molecular flexibility index (Phi) is 2.62. The SMILES string of the molecule is COc1cccc2c1CN(C(C)=O)CC2. The number of nitrogens with zero attached hydrogens (tertiary/aromatic N) is 1. The lowest BCUT2D eigenvalue weighted by atomic mass is 9.99. The monoisotopic (exact) mass is 205 g/mol. The van der Waals surface area contributed by atoms with Gasteiger partial charge in [0.15, 0.2) is 0 Å². The summed E-state index contributed by atoms with van der Waals surface area (Å²) in [5, 5.41) is 0. The van der Waals surface area contributed by atoms with Crippen molar-refractivity contribution >= 4 is 5.91 Å². The van der Waals surface area contributed by atoms with Gasteiger partial charge in [0.2, 0.25) is 5.91 Å². The summed E-state index contributed by atoms with van der Waals surface area (Å²) < 4.78 is 5.30. The lowest BCUT2D eigenvalue weighted by molar-refractivity contribution is -0.129. The molecule has 1 aliphatic rings. The van der Waals surface area contributed by atoms with Crippen molar-refractivity contribution in [1.82, 2.24) is 4.90 Å². The van der Waals surface area contributed by atoms with Gasteiger partial charge >= 0.3 is 0 Å². The number of amides is 1. The molecule has 0 bridgehead atoms. The number of carbonyl (C=O) groups excluding carboxylic acids is 1. The second kappa shape index (κ2) is 3.93. The van der Waals surface area contributed by atoms with Crippen molar-refractivity contribution in [3.05, 3.63) is 29.3 Å². The van der Waals surface area contributed by atoms with Crippen LogP contribution in [-0.4, -0.2) is 24.5 Å². The van der Waals surface area contributed by atoms with Gasteiger partial charge in [0.25, 0.3) is 0 Å². The number of methoxy groups -OCH3 is 1. The molecule has 1 aromatic rings. The van der Waals surface area contributed by atoms with Crippen LogP contribution < -0.4 is 4.74 Å². The Morgan fingerprint density at radius 2 is 2.27 bits per heavy atom. The summed E-state index contributed by atoms with van der Waals surface area (Å²) in [7, 11) is 1.67. The molecule has 0 saturated carbocycles. The molecular formula is C12H15NO2. The molecule has 0 aromatic heterocycles. The van der Waals surface area contributed by atoms with Gasteiger partial charge in [-0.3, -0.25) is 4.79 Å². The van der Waals surface area contributed by atoms with Crippen LogP contribution >= 0.6 is 0 Å². The first kappa shape index (κ1) is 10.0. The minimum Gasteiger partial charge on any atom is -0.496 e. The lowest BCUT2D eigenvalue weighted by Crippen LogP contribution is -2.34. The molecule has 3 heteroatoms. The molecule has 80 valence electrons.